The second-order valence-corrected chi connectivity index (χ2v) is 8.69. The molecule has 2 fully saturated rings. The standard InChI is InChI=1S/C15H21F5O4S/c1-8-3-9-5-10(4-8)7-13(2,6-9)12(21)24-11(14(16,17)18)15(19,20)25(22)23/h8-11H,3-7H2,1-2H3,(H,22,23). The Hall–Kier alpha value is -0.770. The van der Waals surface area contributed by atoms with Crippen LogP contribution in [0.4, 0.5) is 22.0 Å². The monoisotopic (exact) mass is 392 g/mol. The molecule has 2 rings (SSSR count). The maximum Gasteiger partial charge on any atom is 0.432 e. The Kier molecular flexibility index (Phi) is 5.55. The maximum absolute atomic E-state index is 13.5. The van der Waals surface area contributed by atoms with Gasteiger partial charge in [0, 0.05) is 0 Å². The fourth-order valence-corrected chi connectivity index (χ4v) is 4.79. The number of carbonyl (C=O) groups is 1. The van der Waals surface area contributed by atoms with Crippen LogP contribution in [0.3, 0.4) is 0 Å². The van der Waals surface area contributed by atoms with Gasteiger partial charge in [0.25, 0.3) is 6.10 Å². The molecule has 0 aromatic rings. The first kappa shape index (κ1) is 20.5. The highest BCUT2D eigenvalue weighted by molar-refractivity contribution is 7.80. The second kappa shape index (κ2) is 6.75. The summed E-state index contributed by atoms with van der Waals surface area (Å²) in [4.78, 5) is 12.3. The summed E-state index contributed by atoms with van der Waals surface area (Å²) in [5, 5.41) is -5.14. The number of hydrogen-bond acceptors (Lipinski definition) is 3. The normalized spacial score (nSPS) is 35.8. The molecule has 2 bridgehead atoms. The van der Waals surface area contributed by atoms with Crippen molar-refractivity contribution in [3.8, 4) is 0 Å². The second-order valence-electron chi connectivity index (χ2n) is 7.65. The molecule has 25 heavy (non-hydrogen) atoms. The van der Waals surface area contributed by atoms with Crippen LogP contribution >= 0.6 is 0 Å². The average molecular weight is 392 g/mol. The van der Waals surface area contributed by atoms with Gasteiger partial charge in [0.2, 0.25) is 11.1 Å². The largest absolute Gasteiger partial charge is 0.444 e. The van der Waals surface area contributed by atoms with Crippen molar-refractivity contribution in [3.05, 3.63) is 0 Å². The Morgan fingerprint density at radius 3 is 2.04 bits per heavy atom. The highest BCUT2D eigenvalue weighted by Crippen LogP contribution is 2.51. The predicted molar refractivity (Wildman–Crippen MR) is 79.0 cm³/mol. The predicted octanol–water partition coefficient (Wildman–Crippen LogP) is 4.13. The van der Waals surface area contributed by atoms with Crippen LogP contribution in [0.5, 0.6) is 0 Å². The zero-order valence-corrected chi connectivity index (χ0v) is 14.6. The van der Waals surface area contributed by atoms with E-state index >= 15 is 0 Å². The summed E-state index contributed by atoms with van der Waals surface area (Å²) in [6.45, 7) is 3.49. The van der Waals surface area contributed by atoms with E-state index in [9.17, 15) is 31.0 Å². The Balaban J connectivity index is 2.19. The van der Waals surface area contributed by atoms with Crippen LogP contribution in [0.15, 0.2) is 0 Å². The number of rotatable bonds is 4. The molecule has 0 amide bonds. The van der Waals surface area contributed by atoms with Crippen LogP contribution in [0.25, 0.3) is 0 Å². The highest BCUT2D eigenvalue weighted by Gasteiger charge is 2.63. The molecule has 0 spiro atoms. The van der Waals surface area contributed by atoms with Crippen molar-refractivity contribution < 1.29 is 40.2 Å². The third-order valence-electron chi connectivity index (χ3n) is 5.17. The fraction of sp³-hybridized carbons (Fsp3) is 0.933. The molecule has 0 aromatic heterocycles. The lowest BCUT2D eigenvalue weighted by Crippen LogP contribution is -2.52. The van der Waals surface area contributed by atoms with Gasteiger partial charge in [0.15, 0.2) is 0 Å². The third kappa shape index (κ3) is 4.32. The number of fused-ring (bicyclic) bond motifs is 2. The number of esters is 1. The van der Waals surface area contributed by atoms with Gasteiger partial charge in [-0.3, -0.25) is 4.79 Å². The van der Waals surface area contributed by atoms with Gasteiger partial charge in [0.1, 0.15) is 0 Å². The molecule has 2 aliphatic rings. The van der Waals surface area contributed by atoms with E-state index in [0.717, 1.165) is 19.3 Å². The van der Waals surface area contributed by atoms with E-state index in [4.69, 9.17) is 4.55 Å². The SMILES string of the molecule is CC1CC2CC(C1)CC(C)(C(=O)OC(C(F)(F)F)C(F)(F)S(=O)O)C2. The molecule has 4 unspecified atom stereocenters. The summed E-state index contributed by atoms with van der Waals surface area (Å²) in [6.07, 6.45) is -6.54. The fourth-order valence-electron chi connectivity index (χ4n) is 4.42. The van der Waals surface area contributed by atoms with E-state index in [-0.39, 0.29) is 24.7 Å². The molecule has 1 N–H and O–H groups in total. The quantitative estimate of drug-likeness (QED) is 0.444. The minimum absolute atomic E-state index is 0.136. The third-order valence-corrected chi connectivity index (χ3v) is 5.85. The van der Waals surface area contributed by atoms with Crippen molar-refractivity contribution in [1.29, 1.82) is 0 Å². The Morgan fingerprint density at radius 1 is 1.16 bits per heavy atom. The molecule has 4 atom stereocenters. The van der Waals surface area contributed by atoms with Gasteiger partial charge in [0.05, 0.1) is 5.41 Å². The summed E-state index contributed by atoms with van der Waals surface area (Å²) in [5.41, 5.74) is -1.30. The van der Waals surface area contributed by atoms with Crippen LogP contribution in [0.2, 0.25) is 0 Å². The van der Waals surface area contributed by atoms with Crippen molar-refractivity contribution in [2.45, 2.75) is 63.5 Å². The van der Waals surface area contributed by atoms with E-state index in [1.807, 2.05) is 0 Å². The molecule has 0 aliphatic heterocycles. The maximum atomic E-state index is 13.5. The minimum Gasteiger partial charge on any atom is -0.444 e. The van der Waals surface area contributed by atoms with Gasteiger partial charge >= 0.3 is 17.4 Å². The molecule has 4 nitrogen and oxygen atoms in total. The highest BCUT2D eigenvalue weighted by atomic mass is 32.2. The van der Waals surface area contributed by atoms with Crippen molar-refractivity contribution in [2.75, 3.05) is 0 Å². The van der Waals surface area contributed by atoms with Crippen molar-refractivity contribution >= 4 is 17.0 Å². The first-order valence-electron chi connectivity index (χ1n) is 8.02. The summed E-state index contributed by atoms with van der Waals surface area (Å²) < 4.78 is 88.9. The zero-order valence-electron chi connectivity index (χ0n) is 13.8. The number of ether oxygens (including phenoxy) is 1. The topological polar surface area (TPSA) is 63.6 Å². The van der Waals surface area contributed by atoms with Crippen LogP contribution in [0.1, 0.15) is 46.0 Å². The van der Waals surface area contributed by atoms with Gasteiger partial charge in [-0.05, 0) is 56.8 Å². The van der Waals surface area contributed by atoms with Crippen LogP contribution in [-0.2, 0) is 20.6 Å². The van der Waals surface area contributed by atoms with E-state index in [2.05, 4.69) is 11.7 Å². The minimum atomic E-state index is -5.66. The molecule has 146 valence electrons. The number of carbonyl (C=O) groups excluding carboxylic acids is 1. The smallest absolute Gasteiger partial charge is 0.432 e. The number of hydrogen-bond donors (Lipinski definition) is 1. The Morgan fingerprint density at radius 2 is 1.64 bits per heavy atom. The van der Waals surface area contributed by atoms with Gasteiger partial charge in [-0.1, -0.05) is 6.92 Å². The molecule has 0 aromatic carbocycles. The summed E-state index contributed by atoms with van der Waals surface area (Å²) >= 11 is -4.13. The van der Waals surface area contributed by atoms with E-state index in [0.29, 0.717) is 5.92 Å². The first-order chi connectivity index (χ1) is 11.3. The van der Waals surface area contributed by atoms with E-state index < -0.39 is 40.0 Å². The van der Waals surface area contributed by atoms with Crippen LogP contribution in [0, 0.1) is 23.2 Å². The molecule has 0 saturated heterocycles. The van der Waals surface area contributed by atoms with Gasteiger partial charge in [-0.15, -0.1) is 0 Å². The summed E-state index contributed by atoms with van der Waals surface area (Å²) in [5.74, 6) is -0.661. The van der Waals surface area contributed by atoms with Crippen molar-refractivity contribution in [1.82, 2.24) is 0 Å². The molecule has 10 heteroatoms. The molecule has 2 saturated carbocycles. The molecular formula is C15H21F5O4S. The molecule has 0 radical (unpaired) electrons. The van der Waals surface area contributed by atoms with Gasteiger partial charge in [-0.25, -0.2) is 4.21 Å². The van der Waals surface area contributed by atoms with E-state index in [1.165, 1.54) is 6.92 Å². The van der Waals surface area contributed by atoms with Crippen LogP contribution < -0.4 is 0 Å². The molecule has 0 heterocycles. The van der Waals surface area contributed by atoms with Gasteiger partial charge < -0.3 is 9.29 Å². The zero-order chi connectivity index (χ0) is 19.2. The molecule has 2 aliphatic carbocycles. The lowest BCUT2D eigenvalue weighted by atomic mass is 9.59. The van der Waals surface area contributed by atoms with E-state index in [1.54, 1.807) is 0 Å². The Labute approximate surface area is 144 Å². The van der Waals surface area contributed by atoms with Gasteiger partial charge in [-0.2, -0.15) is 22.0 Å². The van der Waals surface area contributed by atoms with Crippen molar-refractivity contribution in [3.63, 3.8) is 0 Å². The van der Waals surface area contributed by atoms with Crippen LogP contribution in [-0.4, -0.2) is 32.3 Å². The molecular weight excluding hydrogens is 371 g/mol. The lowest BCUT2D eigenvalue weighted by molar-refractivity contribution is -0.263. The average Bonchev–Trinajstić information content (AvgIpc) is 2.40. The first-order valence-corrected chi connectivity index (χ1v) is 9.13. The Bertz CT molecular complexity index is 533. The number of alkyl halides is 5. The lowest BCUT2D eigenvalue weighted by Gasteiger charge is -2.46. The summed E-state index contributed by atoms with van der Waals surface area (Å²) in [6, 6.07) is 0. The number of halogens is 5. The van der Waals surface area contributed by atoms with Crippen molar-refractivity contribution in [2.24, 2.45) is 23.2 Å². The summed E-state index contributed by atoms with van der Waals surface area (Å²) in [7, 11) is 0.